The molecule has 0 atom stereocenters. The number of fused-ring (bicyclic) bond motifs is 1. The number of phenolic OH excluding ortho intramolecular Hbond substituents is 1. The van der Waals surface area contributed by atoms with Gasteiger partial charge in [-0.15, -0.1) is 0 Å². The Balaban J connectivity index is 2.49. The fourth-order valence-electron chi connectivity index (χ4n) is 1.78. The van der Waals surface area contributed by atoms with Crippen molar-refractivity contribution in [2.24, 2.45) is 12.8 Å². The SMILES string of the molecule is Cn1nc(CCCN)c2cc(O)ccc21. The Labute approximate surface area is 88.3 Å². The number of nitrogens with two attached hydrogens (primary N) is 1. The van der Waals surface area contributed by atoms with E-state index in [1.54, 1.807) is 12.1 Å². The highest BCUT2D eigenvalue weighted by atomic mass is 16.3. The van der Waals surface area contributed by atoms with Gasteiger partial charge < -0.3 is 10.8 Å². The summed E-state index contributed by atoms with van der Waals surface area (Å²) in [6.45, 7) is 0.664. The highest BCUT2D eigenvalue weighted by Gasteiger charge is 2.08. The fourth-order valence-corrected chi connectivity index (χ4v) is 1.78. The Kier molecular flexibility index (Phi) is 2.60. The number of aromatic nitrogens is 2. The van der Waals surface area contributed by atoms with Crippen molar-refractivity contribution < 1.29 is 5.11 Å². The van der Waals surface area contributed by atoms with E-state index < -0.39 is 0 Å². The third kappa shape index (κ3) is 1.80. The standard InChI is InChI=1S/C11H15N3O/c1-14-11-5-4-8(15)7-9(11)10(13-14)3-2-6-12/h4-5,7,15H,2-3,6,12H2,1H3. The van der Waals surface area contributed by atoms with Gasteiger partial charge in [-0.25, -0.2) is 0 Å². The molecule has 80 valence electrons. The largest absolute Gasteiger partial charge is 0.508 e. The molecule has 3 N–H and O–H groups in total. The van der Waals surface area contributed by atoms with E-state index in [2.05, 4.69) is 5.10 Å². The average Bonchev–Trinajstić information content (AvgIpc) is 2.52. The van der Waals surface area contributed by atoms with Crippen molar-refractivity contribution in [3.8, 4) is 5.75 Å². The van der Waals surface area contributed by atoms with E-state index in [1.807, 2.05) is 17.8 Å². The number of phenols is 1. The van der Waals surface area contributed by atoms with Gasteiger partial charge in [0.25, 0.3) is 0 Å². The zero-order valence-corrected chi connectivity index (χ0v) is 8.77. The second-order valence-corrected chi connectivity index (χ2v) is 3.66. The number of hydrogen-bond donors (Lipinski definition) is 2. The summed E-state index contributed by atoms with van der Waals surface area (Å²) in [6, 6.07) is 5.31. The van der Waals surface area contributed by atoms with Crippen LogP contribution in [0, 0.1) is 0 Å². The van der Waals surface area contributed by atoms with Gasteiger partial charge >= 0.3 is 0 Å². The average molecular weight is 205 g/mol. The van der Waals surface area contributed by atoms with Crippen LogP contribution < -0.4 is 5.73 Å². The van der Waals surface area contributed by atoms with Crippen molar-refractivity contribution in [2.45, 2.75) is 12.8 Å². The number of nitrogens with zero attached hydrogens (tertiary/aromatic N) is 2. The molecular formula is C11H15N3O. The third-order valence-electron chi connectivity index (χ3n) is 2.53. The molecular weight excluding hydrogens is 190 g/mol. The lowest BCUT2D eigenvalue weighted by Gasteiger charge is -1.96. The molecule has 0 bridgehead atoms. The lowest BCUT2D eigenvalue weighted by molar-refractivity contribution is 0.476. The maximum absolute atomic E-state index is 9.43. The molecule has 0 saturated heterocycles. The van der Waals surface area contributed by atoms with Gasteiger partial charge in [-0.05, 0) is 37.6 Å². The van der Waals surface area contributed by atoms with E-state index in [1.165, 1.54) is 0 Å². The minimum atomic E-state index is 0.282. The Morgan fingerprint density at radius 1 is 1.47 bits per heavy atom. The summed E-state index contributed by atoms with van der Waals surface area (Å²) < 4.78 is 1.83. The third-order valence-corrected chi connectivity index (χ3v) is 2.53. The minimum absolute atomic E-state index is 0.282. The van der Waals surface area contributed by atoms with Crippen molar-refractivity contribution in [1.82, 2.24) is 9.78 Å². The molecule has 0 amide bonds. The Morgan fingerprint density at radius 3 is 3.00 bits per heavy atom. The van der Waals surface area contributed by atoms with Crippen LogP contribution in [0.4, 0.5) is 0 Å². The van der Waals surface area contributed by atoms with E-state index in [9.17, 15) is 5.11 Å². The van der Waals surface area contributed by atoms with Crippen LogP contribution in [0.1, 0.15) is 12.1 Å². The van der Waals surface area contributed by atoms with Crippen LogP contribution in [-0.2, 0) is 13.5 Å². The number of aromatic hydroxyl groups is 1. The van der Waals surface area contributed by atoms with Crippen LogP contribution in [-0.4, -0.2) is 21.4 Å². The summed E-state index contributed by atoms with van der Waals surface area (Å²) >= 11 is 0. The first-order chi connectivity index (χ1) is 7.22. The molecule has 1 aromatic heterocycles. The van der Waals surface area contributed by atoms with Gasteiger partial charge in [0.1, 0.15) is 5.75 Å². The molecule has 1 aromatic carbocycles. The molecule has 0 aliphatic carbocycles. The molecule has 0 saturated carbocycles. The van der Waals surface area contributed by atoms with Gasteiger partial charge in [0.15, 0.2) is 0 Å². The highest BCUT2D eigenvalue weighted by molar-refractivity contribution is 5.83. The molecule has 4 heteroatoms. The van der Waals surface area contributed by atoms with E-state index >= 15 is 0 Å². The van der Waals surface area contributed by atoms with Crippen molar-refractivity contribution in [3.63, 3.8) is 0 Å². The second-order valence-electron chi connectivity index (χ2n) is 3.66. The van der Waals surface area contributed by atoms with Crippen LogP contribution in [0.15, 0.2) is 18.2 Å². The topological polar surface area (TPSA) is 64.1 Å². The normalized spacial score (nSPS) is 11.1. The Bertz CT molecular complexity index is 476. The van der Waals surface area contributed by atoms with Gasteiger partial charge in [0.2, 0.25) is 0 Å². The molecule has 4 nitrogen and oxygen atoms in total. The number of aryl methyl sites for hydroxylation is 2. The van der Waals surface area contributed by atoms with Gasteiger partial charge in [-0.3, -0.25) is 4.68 Å². The number of hydrogen-bond acceptors (Lipinski definition) is 3. The lowest BCUT2D eigenvalue weighted by atomic mass is 10.1. The summed E-state index contributed by atoms with van der Waals surface area (Å²) in [7, 11) is 1.91. The molecule has 2 aromatic rings. The zero-order valence-electron chi connectivity index (χ0n) is 8.77. The molecule has 15 heavy (non-hydrogen) atoms. The van der Waals surface area contributed by atoms with Crippen LogP contribution in [0.3, 0.4) is 0 Å². The quantitative estimate of drug-likeness (QED) is 0.790. The predicted molar refractivity (Wildman–Crippen MR) is 59.8 cm³/mol. The van der Waals surface area contributed by atoms with Gasteiger partial charge in [0, 0.05) is 12.4 Å². The van der Waals surface area contributed by atoms with Gasteiger partial charge in [0.05, 0.1) is 11.2 Å². The summed E-state index contributed by atoms with van der Waals surface area (Å²) in [4.78, 5) is 0. The Morgan fingerprint density at radius 2 is 2.27 bits per heavy atom. The van der Waals surface area contributed by atoms with Crippen LogP contribution in [0.25, 0.3) is 10.9 Å². The first-order valence-electron chi connectivity index (χ1n) is 5.07. The van der Waals surface area contributed by atoms with E-state index in [4.69, 9.17) is 5.73 Å². The summed E-state index contributed by atoms with van der Waals surface area (Å²) in [6.07, 6.45) is 1.78. The monoisotopic (exact) mass is 205 g/mol. The van der Waals surface area contributed by atoms with Gasteiger partial charge in [-0.2, -0.15) is 5.10 Å². The predicted octanol–water partition coefficient (Wildman–Crippen LogP) is 1.17. The van der Waals surface area contributed by atoms with Crippen LogP contribution in [0.5, 0.6) is 5.75 Å². The molecule has 0 spiro atoms. The van der Waals surface area contributed by atoms with Crippen molar-refractivity contribution in [2.75, 3.05) is 6.54 Å². The first-order valence-corrected chi connectivity index (χ1v) is 5.07. The molecule has 2 rings (SSSR count). The molecule has 0 fully saturated rings. The fraction of sp³-hybridized carbons (Fsp3) is 0.364. The Hall–Kier alpha value is -1.55. The van der Waals surface area contributed by atoms with E-state index in [0.717, 1.165) is 29.4 Å². The zero-order chi connectivity index (χ0) is 10.8. The van der Waals surface area contributed by atoms with Gasteiger partial charge in [-0.1, -0.05) is 0 Å². The summed E-state index contributed by atoms with van der Waals surface area (Å²) in [5.41, 5.74) is 7.52. The molecule has 0 aliphatic heterocycles. The summed E-state index contributed by atoms with van der Waals surface area (Å²) in [5.74, 6) is 0.282. The summed E-state index contributed by atoms with van der Waals surface area (Å²) in [5, 5.41) is 14.9. The molecule has 0 radical (unpaired) electrons. The smallest absolute Gasteiger partial charge is 0.116 e. The van der Waals surface area contributed by atoms with Crippen molar-refractivity contribution in [1.29, 1.82) is 0 Å². The molecule has 0 unspecified atom stereocenters. The van der Waals surface area contributed by atoms with E-state index in [-0.39, 0.29) is 5.75 Å². The van der Waals surface area contributed by atoms with Crippen LogP contribution in [0.2, 0.25) is 0 Å². The number of benzene rings is 1. The first kappa shape index (κ1) is 9.98. The second kappa shape index (κ2) is 3.90. The lowest BCUT2D eigenvalue weighted by Crippen LogP contribution is -2.01. The highest BCUT2D eigenvalue weighted by Crippen LogP contribution is 2.23. The maximum Gasteiger partial charge on any atom is 0.116 e. The maximum atomic E-state index is 9.43. The van der Waals surface area contributed by atoms with Crippen molar-refractivity contribution in [3.05, 3.63) is 23.9 Å². The van der Waals surface area contributed by atoms with Crippen LogP contribution >= 0.6 is 0 Å². The van der Waals surface area contributed by atoms with Crippen molar-refractivity contribution >= 4 is 10.9 Å². The van der Waals surface area contributed by atoms with E-state index in [0.29, 0.717) is 6.54 Å². The molecule has 1 heterocycles. The number of rotatable bonds is 3. The minimum Gasteiger partial charge on any atom is -0.508 e. The molecule has 0 aliphatic rings.